The first-order valence-electron chi connectivity index (χ1n) is 6.48. The average molecular weight is 281 g/mol. The molecule has 0 aromatic carbocycles. The Morgan fingerprint density at radius 1 is 1.40 bits per heavy atom. The Hall–Kier alpha value is -2.18. The number of amides is 1. The first kappa shape index (κ1) is 15.9. The lowest BCUT2D eigenvalue weighted by Gasteiger charge is -2.14. The van der Waals surface area contributed by atoms with E-state index < -0.39 is 5.97 Å². The van der Waals surface area contributed by atoms with Gasteiger partial charge in [0.25, 0.3) is 11.5 Å². The van der Waals surface area contributed by atoms with Crippen LogP contribution in [0.2, 0.25) is 0 Å². The minimum Gasteiger partial charge on any atom is -0.481 e. The van der Waals surface area contributed by atoms with E-state index in [1.54, 1.807) is 6.92 Å². The quantitative estimate of drug-likeness (QED) is 0.683. The molecule has 0 saturated carbocycles. The van der Waals surface area contributed by atoms with Crippen LogP contribution in [0.5, 0.6) is 0 Å². The molecule has 0 saturated heterocycles. The summed E-state index contributed by atoms with van der Waals surface area (Å²) >= 11 is 0. The number of carboxylic acids is 1. The highest BCUT2D eigenvalue weighted by atomic mass is 16.4. The first-order valence-corrected chi connectivity index (χ1v) is 6.48. The Kier molecular flexibility index (Phi) is 5.89. The van der Waals surface area contributed by atoms with E-state index in [0.29, 0.717) is 19.3 Å². The number of carbonyl (C=O) groups excluding carboxylic acids is 1. The number of hydrogen-bond donors (Lipinski definition) is 3. The van der Waals surface area contributed by atoms with Crippen LogP contribution in [-0.2, 0) is 4.79 Å². The summed E-state index contributed by atoms with van der Waals surface area (Å²) in [6.07, 6.45) is 4.29. The highest BCUT2D eigenvalue weighted by Crippen LogP contribution is 2.09. The molecule has 0 aliphatic carbocycles. The second-order valence-corrected chi connectivity index (χ2v) is 4.84. The second-order valence-electron chi connectivity index (χ2n) is 4.84. The molecule has 1 amide bonds. The summed E-state index contributed by atoms with van der Waals surface area (Å²) in [6.45, 7) is 3.50. The van der Waals surface area contributed by atoms with Crippen molar-refractivity contribution in [2.45, 2.75) is 39.2 Å². The fourth-order valence-corrected chi connectivity index (χ4v) is 1.69. The van der Waals surface area contributed by atoms with Gasteiger partial charge in [0, 0.05) is 12.2 Å². The van der Waals surface area contributed by atoms with Crippen molar-refractivity contribution in [2.24, 2.45) is 5.92 Å². The summed E-state index contributed by atoms with van der Waals surface area (Å²) in [5.74, 6) is -1.54. The summed E-state index contributed by atoms with van der Waals surface area (Å²) in [7, 11) is 0. The number of rotatable bonds is 7. The average Bonchev–Trinajstić information content (AvgIpc) is 2.39. The van der Waals surface area contributed by atoms with Crippen LogP contribution in [0.4, 0.5) is 0 Å². The first-order chi connectivity index (χ1) is 9.40. The lowest BCUT2D eigenvalue weighted by Crippen LogP contribution is -2.33. The van der Waals surface area contributed by atoms with Crippen molar-refractivity contribution in [3.05, 3.63) is 28.4 Å². The SMILES string of the molecule is CC(CCCC(C)C(=O)O)NC(=O)c1c[nH]c(=O)cn1. The molecule has 0 radical (unpaired) electrons. The van der Waals surface area contributed by atoms with E-state index in [9.17, 15) is 14.4 Å². The molecule has 2 unspecified atom stereocenters. The van der Waals surface area contributed by atoms with Gasteiger partial charge < -0.3 is 15.4 Å². The third-order valence-electron chi connectivity index (χ3n) is 2.98. The largest absolute Gasteiger partial charge is 0.481 e. The number of carboxylic acid groups (broad SMARTS) is 1. The van der Waals surface area contributed by atoms with Crippen molar-refractivity contribution >= 4 is 11.9 Å². The van der Waals surface area contributed by atoms with Gasteiger partial charge in [-0.15, -0.1) is 0 Å². The van der Waals surface area contributed by atoms with Gasteiger partial charge in [0.15, 0.2) is 0 Å². The molecule has 0 aliphatic heterocycles. The summed E-state index contributed by atoms with van der Waals surface area (Å²) in [5, 5.41) is 11.5. The van der Waals surface area contributed by atoms with E-state index in [4.69, 9.17) is 5.11 Å². The Labute approximate surface area is 116 Å². The van der Waals surface area contributed by atoms with Crippen molar-refractivity contribution in [3.63, 3.8) is 0 Å². The summed E-state index contributed by atoms with van der Waals surface area (Å²) in [4.78, 5) is 39.4. The van der Waals surface area contributed by atoms with Crippen LogP contribution in [0.3, 0.4) is 0 Å². The Balaban J connectivity index is 2.36. The molecule has 20 heavy (non-hydrogen) atoms. The van der Waals surface area contributed by atoms with Crippen molar-refractivity contribution < 1.29 is 14.7 Å². The molecular weight excluding hydrogens is 262 g/mol. The zero-order valence-corrected chi connectivity index (χ0v) is 11.5. The number of aromatic amines is 1. The van der Waals surface area contributed by atoms with E-state index in [-0.39, 0.29) is 29.1 Å². The Morgan fingerprint density at radius 3 is 2.65 bits per heavy atom. The molecule has 1 rings (SSSR count). The van der Waals surface area contributed by atoms with Crippen molar-refractivity contribution in [1.29, 1.82) is 0 Å². The number of aromatic nitrogens is 2. The standard InChI is InChI=1S/C13H19N3O4/c1-8(13(19)20)4-3-5-9(2)16-12(18)10-6-15-11(17)7-14-10/h6-9H,3-5H2,1-2H3,(H,15,17)(H,16,18)(H,19,20). The van der Waals surface area contributed by atoms with Gasteiger partial charge in [0.05, 0.1) is 12.1 Å². The normalized spacial score (nSPS) is 13.5. The lowest BCUT2D eigenvalue weighted by atomic mass is 10.0. The predicted molar refractivity (Wildman–Crippen MR) is 72.4 cm³/mol. The summed E-state index contributed by atoms with van der Waals surface area (Å²) in [5.41, 5.74) is -0.215. The number of nitrogens with zero attached hydrogens (tertiary/aromatic N) is 1. The van der Waals surface area contributed by atoms with E-state index in [0.717, 1.165) is 6.20 Å². The minimum absolute atomic E-state index is 0.0859. The maximum absolute atomic E-state index is 11.8. The molecule has 2 atom stereocenters. The number of H-pyrrole nitrogens is 1. The molecule has 1 heterocycles. The van der Waals surface area contributed by atoms with Crippen LogP contribution in [0.25, 0.3) is 0 Å². The van der Waals surface area contributed by atoms with Crippen LogP contribution < -0.4 is 10.9 Å². The maximum Gasteiger partial charge on any atom is 0.306 e. The summed E-state index contributed by atoms with van der Waals surface area (Å²) < 4.78 is 0. The van der Waals surface area contributed by atoms with Crippen molar-refractivity contribution in [2.75, 3.05) is 0 Å². The van der Waals surface area contributed by atoms with Gasteiger partial charge in [-0.05, 0) is 19.8 Å². The van der Waals surface area contributed by atoms with Crippen LogP contribution >= 0.6 is 0 Å². The fourth-order valence-electron chi connectivity index (χ4n) is 1.69. The Bertz CT molecular complexity index is 506. The molecule has 0 aliphatic rings. The molecule has 3 N–H and O–H groups in total. The smallest absolute Gasteiger partial charge is 0.306 e. The minimum atomic E-state index is -0.806. The highest BCUT2D eigenvalue weighted by molar-refractivity contribution is 5.92. The molecular formula is C13H19N3O4. The second kappa shape index (κ2) is 7.42. The van der Waals surface area contributed by atoms with Crippen molar-refractivity contribution in [3.8, 4) is 0 Å². The van der Waals surface area contributed by atoms with Gasteiger partial charge in [-0.2, -0.15) is 0 Å². The molecule has 7 nitrogen and oxygen atoms in total. The number of hydrogen-bond acceptors (Lipinski definition) is 4. The van der Waals surface area contributed by atoms with Crippen molar-refractivity contribution in [1.82, 2.24) is 15.3 Å². The summed E-state index contributed by atoms with van der Waals surface area (Å²) in [6, 6.07) is -0.0859. The maximum atomic E-state index is 11.8. The Morgan fingerprint density at radius 2 is 2.10 bits per heavy atom. The molecule has 110 valence electrons. The molecule has 7 heteroatoms. The van der Waals surface area contributed by atoms with Crippen LogP contribution in [-0.4, -0.2) is 33.0 Å². The number of aliphatic carboxylic acids is 1. The fraction of sp³-hybridized carbons (Fsp3) is 0.538. The van der Waals surface area contributed by atoms with Gasteiger partial charge in [-0.25, -0.2) is 4.98 Å². The van der Waals surface area contributed by atoms with Crippen LogP contribution in [0, 0.1) is 5.92 Å². The zero-order chi connectivity index (χ0) is 15.1. The number of carbonyl (C=O) groups is 2. The zero-order valence-electron chi connectivity index (χ0n) is 11.5. The topological polar surface area (TPSA) is 112 Å². The molecule has 0 spiro atoms. The van der Waals surface area contributed by atoms with E-state index in [1.165, 1.54) is 6.20 Å². The number of nitrogens with one attached hydrogen (secondary N) is 2. The van der Waals surface area contributed by atoms with E-state index in [1.807, 2.05) is 6.92 Å². The third kappa shape index (κ3) is 5.21. The van der Waals surface area contributed by atoms with Gasteiger partial charge in [-0.3, -0.25) is 14.4 Å². The van der Waals surface area contributed by atoms with Gasteiger partial charge in [0.2, 0.25) is 0 Å². The van der Waals surface area contributed by atoms with Gasteiger partial charge in [-0.1, -0.05) is 13.3 Å². The molecule has 0 fully saturated rings. The van der Waals surface area contributed by atoms with E-state index >= 15 is 0 Å². The monoisotopic (exact) mass is 281 g/mol. The van der Waals surface area contributed by atoms with E-state index in [2.05, 4.69) is 15.3 Å². The van der Waals surface area contributed by atoms with Gasteiger partial charge >= 0.3 is 5.97 Å². The van der Waals surface area contributed by atoms with Crippen LogP contribution in [0.15, 0.2) is 17.2 Å². The third-order valence-corrected chi connectivity index (χ3v) is 2.98. The molecule has 0 bridgehead atoms. The lowest BCUT2D eigenvalue weighted by molar-refractivity contribution is -0.141. The van der Waals surface area contributed by atoms with Gasteiger partial charge in [0.1, 0.15) is 5.69 Å². The highest BCUT2D eigenvalue weighted by Gasteiger charge is 2.13. The molecule has 1 aromatic heterocycles. The molecule has 1 aromatic rings. The predicted octanol–water partition coefficient (Wildman–Crippen LogP) is 0.779. The van der Waals surface area contributed by atoms with Crippen LogP contribution in [0.1, 0.15) is 43.6 Å².